The molecule has 1 atom stereocenters. The highest BCUT2D eigenvalue weighted by Gasteiger charge is 2.19. The molecule has 9 nitrogen and oxygen atoms in total. The number of nitriles is 1. The number of morpholine rings is 1. The minimum absolute atomic E-state index is 0.155. The van der Waals surface area contributed by atoms with Crippen LogP contribution in [0.25, 0.3) is 0 Å². The van der Waals surface area contributed by atoms with Crippen LogP contribution in [0, 0.1) is 11.3 Å². The number of H-pyrrole nitrogens is 1. The summed E-state index contributed by atoms with van der Waals surface area (Å²) in [7, 11) is -1.23. The number of hydrogen-bond acceptors (Lipinski definition) is 6. The lowest BCUT2D eigenvalue weighted by molar-refractivity contribution is 0.0752. The van der Waals surface area contributed by atoms with E-state index in [1.54, 1.807) is 36.5 Å². The van der Waals surface area contributed by atoms with Crippen LogP contribution < -0.4 is 16.6 Å². The van der Waals surface area contributed by atoms with Gasteiger partial charge in [0.15, 0.2) is 0 Å². The standard InChI is InChI=1S/C22H29N5O3S.C2H3N/c23-21(20-19(10-11-24-22(20)28)25-16-4-2-1-3-5-16)26-17-6-8-18(9-7-17)31(29)27-12-14-30-15-13-27;1-2-3/h6-11,16H,1-5,12-15H2,(H2,23,26)(H2,24,25,28);1H3. The van der Waals surface area contributed by atoms with E-state index in [2.05, 4.69) is 15.3 Å². The largest absolute Gasteiger partial charge is 0.383 e. The van der Waals surface area contributed by atoms with Crippen LogP contribution in [0.15, 0.2) is 51.2 Å². The first-order valence-corrected chi connectivity index (χ1v) is 12.6. The molecule has 1 saturated carbocycles. The summed E-state index contributed by atoms with van der Waals surface area (Å²) in [6, 6.07) is 11.0. The summed E-state index contributed by atoms with van der Waals surface area (Å²) in [6.45, 7) is 3.90. The Hall–Kier alpha value is -3.00. The van der Waals surface area contributed by atoms with Crippen LogP contribution in [-0.4, -0.2) is 51.7 Å². The summed E-state index contributed by atoms with van der Waals surface area (Å²) in [5.41, 5.74) is 7.65. The van der Waals surface area contributed by atoms with Gasteiger partial charge in [-0.05, 0) is 43.2 Å². The Morgan fingerprint density at radius 1 is 1.21 bits per heavy atom. The average Bonchev–Trinajstić information content (AvgIpc) is 2.86. The minimum atomic E-state index is -1.23. The van der Waals surface area contributed by atoms with Gasteiger partial charge in [0.2, 0.25) is 0 Å². The molecule has 4 rings (SSSR count). The van der Waals surface area contributed by atoms with Crippen molar-refractivity contribution in [2.45, 2.75) is 50.0 Å². The van der Waals surface area contributed by atoms with Gasteiger partial charge in [0.05, 0.1) is 35.6 Å². The topological polar surface area (TPSA) is 137 Å². The maximum Gasteiger partial charge on any atom is 0.261 e. The average molecular weight is 485 g/mol. The van der Waals surface area contributed by atoms with Gasteiger partial charge >= 0.3 is 0 Å². The van der Waals surface area contributed by atoms with Gasteiger partial charge in [-0.1, -0.05) is 19.3 Å². The van der Waals surface area contributed by atoms with E-state index >= 15 is 0 Å². The number of aliphatic imine (C=N–C) groups is 1. The van der Waals surface area contributed by atoms with Crippen molar-refractivity contribution in [3.05, 3.63) is 52.4 Å². The Morgan fingerprint density at radius 2 is 1.85 bits per heavy atom. The van der Waals surface area contributed by atoms with E-state index in [0.29, 0.717) is 54.2 Å². The van der Waals surface area contributed by atoms with Gasteiger partial charge in [0.25, 0.3) is 5.56 Å². The Morgan fingerprint density at radius 3 is 2.50 bits per heavy atom. The van der Waals surface area contributed by atoms with Crippen molar-refractivity contribution in [1.82, 2.24) is 9.29 Å². The van der Waals surface area contributed by atoms with Gasteiger partial charge in [-0.25, -0.2) is 13.5 Å². The van der Waals surface area contributed by atoms with Gasteiger partial charge in [0, 0.05) is 32.3 Å². The van der Waals surface area contributed by atoms with Crippen LogP contribution in [0.3, 0.4) is 0 Å². The summed E-state index contributed by atoms with van der Waals surface area (Å²) < 4.78 is 19.9. The van der Waals surface area contributed by atoms with Crippen LogP contribution in [0.2, 0.25) is 0 Å². The van der Waals surface area contributed by atoms with Gasteiger partial charge < -0.3 is 20.8 Å². The molecule has 182 valence electrons. The molecule has 1 saturated heterocycles. The predicted octanol–water partition coefficient (Wildman–Crippen LogP) is 3.04. The zero-order valence-corrected chi connectivity index (χ0v) is 20.3. The number of amidine groups is 1. The quantitative estimate of drug-likeness (QED) is 0.426. The summed E-state index contributed by atoms with van der Waals surface area (Å²) in [5.74, 6) is 0.155. The van der Waals surface area contributed by atoms with Crippen LogP contribution in [0.1, 0.15) is 44.6 Å². The number of aromatic nitrogens is 1. The summed E-state index contributed by atoms with van der Waals surface area (Å²) in [4.78, 5) is 20.4. The lowest BCUT2D eigenvalue weighted by Gasteiger charge is -2.25. The molecule has 0 radical (unpaired) electrons. The highest BCUT2D eigenvalue weighted by atomic mass is 32.2. The van der Waals surface area contributed by atoms with E-state index in [9.17, 15) is 9.00 Å². The molecule has 2 heterocycles. The highest BCUT2D eigenvalue weighted by Crippen LogP contribution is 2.23. The van der Waals surface area contributed by atoms with Gasteiger partial charge in [-0.2, -0.15) is 5.26 Å². The van der Waals surface area contributed by atoms with Crippen molar-refractivity contribution in [1.29, 1.82) is 5.26 Å². The van der Waals surface area contributed by atoms with Gasteiger partial charge in [-0.15, -0.1) is 0 Å². The number of anilines is 1. The Bertz CT molecular complexity index is 1080. The monoisotopic (exact) mass is 484 g/mol. The van der Waals surface area contributed by atoms with E-state index in [1.165, 1.54) is 26.2 Å². The van der Waals surface area contributed by atoms with Crippen molar-refractivity contribution in [3.63, 3.8) is 0 Å². The number of aromatic amines is 1. The summed E-state index contributed by atoms with van der Waals surface area (Å²) >= 11 is 0. The van der Waals surface area contributed by atoms with Crippen molar-refractivity contribution >= 4 is 28.2 Å². The number of rotatable bonds is 6. The minimum Gasteiger partial charge on any atom is -0.383 e. The summed E-state index contributed by atoms with van der Waals surface area (Å²) in [6.07, 6.45) is 7.45. The third kappa shape index (κ3) is 7.00. The molecule has 0 bridgehead atoms. The Kier molecular flexibility index (Phi) is 9.82. The van der Waals surface area contributed by atoms with Gasteiger partial charge in [0.1, 0.15) is 22.4 Å². The number of ether oxygens (including phenoxy) is 1. The van der Waals surface area contributed by atoms with Crippen LogP contribution >= 0.6 is 0 Å². The fraction of sp³-hybridized carbons (Fsp3) is 0.458. The van der Waals surface area contributed by atoms with E-state index in [0.717, 1.165) is 12.8 Å². The molecular formula is C24H32N6O3S. The molecule has 2 aromatic rings. The molecule has 1 aliphatic carbocycles. The lowest BCUT2D eigenvalue weighted by atomic mass is 9.95. The molecular weight excluding hydrogens is 452 g/mol. The first-order valence-electron chi connectivity index (χ1n) is 11.5. The smallest absolute Gasteiger partial charge is 0.261 e. The van der Waals surface area contributed by atoms with Crippen LogP contribution in [0.4, 0.5) is 11.4 Å². The normalized spacial score (nSPS) is 18.3. The molecule has 0 amide bonds. The molecule has 34 heavy (non-hydrogen) atoms. The fourth-order valence-electron chi connectivity index (χ4n) is 4.01. The maximum atomic E-state index is 12.7. The number of nitrogens with zero attached hydrogens (tertiary/aromatic N) is 3. The van der Waals surface area contributed by atoms with Crippen molar-refractivity contribution in [2.24, 2.45) is 10.7 Å². The third-order valence-electron chi connectivity index (χ3n) is 5.67. The van der Waals surface area contributed by atoms with Gasteiger partial charge in [-0.3, -0.25) is 4.79 Å². The van der Waals surface area contributed by atoms with Crippen LogP contribution in [0.5, 0.6) is 0 Å². The Labute approximate surface area is 202 Å². The zero-order valence-electron chi connectivity index (χ0n) is 19.5. The number of hydrogen-bond donors (Lipinski definition) is 3. The number of benzene rings is 1. The molecule has 4 N–H and O–H groups in total. The molecule has 1 unspecified atom stereocenters. The molecule has 1 aromatic carbocycles. The SMILES string of the molecule is CC#N.NC(=Nc1ccc(S(=O)N2CCOCC2)cc1)c1c(NC2CCCCC2)cc[nH]c1=O. The Balaban J connectivity index is 0.00000103. The summed E-state index contributed by atoms with van der Waals surface area (Å²) in [5, 5.41) is 10.8. The van der Waals surface area contributed by atoms with Crippen molar-refractivity contribution in [3.8, 4) is 6.07 Å². The number of pyridine rings is 1. The second-order valence-corrected chi connectivity index (χ2v) is 9.57. The third-order valence-corrected chi connectivity index (χ3v) is 7.18. The van der Waals surface area contributed by atoms with Crippen molar-refractivity contribution < 1.29 is 8.95 Å². The number of nitrogens with two attached hydrogens (primary N) is 1. The zero-order chi connectivity index (χ0) is 24.3. The second kappa shape index (κ2) is 13.0. The van der Waals surface area contributed by atoms with E-state index in [1.807, 2.05) is 10.4 Å². The first-order chi connectivity index (χ1) is 16.5. The fourth-order valence-corrected chi connectivity index (χ4v) is 5.16. The molecule has 0 spiro atoms. The first kappa shape index (κ1) is 25.6. The molecule has 2 aliphatic rings. The lowest BCUT2D eigenvalue weighted by Crippen LogP contribution is -2.37. The molecule has 1 aliphatic heterocycles. The van der Waals surface area contributed by atoms with E-state index < -0.39 is 11.0 Å². The molecule has 1 aromatic heterocycles. The maximum absolute atomic E-state index is 12.7. The van der Waals surface area contributed by atoms with E-state index in [-0.39, 0.29) is 11.4 Å². The van der Waals surface area contributed by atoms with Crippen LogP contribution in [-0.2, 0) is 15.7 Å². The highest BCUT2D eigenvalue weighted by molar-refractivity contribution is 7.82. The van der Waals surface area contributed by atoms with E-state index in [4.69, 9.17) is 15.7 Å². The molecule has 10 heteroatoms. The second-order valence-electron chi connectivity index (χ2n) is 8.08. The molecule has 2 fully saturated rings. The van der Waals surface area contributed by atoms with Crippen molar-refractivity contribution in [2.75, 3.05) is 31.6 Å². The number of nitrogens with one attached hydrogen (secondary N) is 2. The predicted molar refractivity (Wildman–Crippen MR) is 134 cm³/mol.